The van der Waals surface area contributed by atoms with Gasteiger partial charge in [0.1, 0.15) is 24.7 Å². The highest BCUT2D eigenvalue weighted by molar-refractivity contribution is 5.55. The molecule has 2 heterocycles. The Bertz CT molecular complexity index is 1350. The van der Waals surface area contributed by atoms with Gasteiger partial charge in [0, 0.05) is 12.4 Å². The van der Waals surface area contributed by atoms with Gasteiger partial charge in [-0.15, -0.1) is 0 Å². The second-order valence-corrected chi connectivity index (χ2v) is 13.8. The molecule has 0 fully saturated rings. The van der Waals surface area contributed by atoms with Gasteiger partial charge in [-0.05, 0) is 120 Å². The molecule has 4 aromatic rings. The number of ether oxygens (including phenoxy) is 2. The van der Waals surface area contributed by atoms with Crippen LogP contribution in [0.4, 0.5) is 0 Å². The van der Waals surface area contributed by atoms with E-state index < -0.39 is 0 Å². The van der Waals surface area contributed by atoms with Crippen LogP contribution in [0.3, 0.4) is 0 Å². The van der Waals surface area contributed by atoms with E-state index in [0.29, 0.717) is 13.2 Å². The van der Waals surface area contributed by atoms with Gasteiger partial charge in [0.05, 0.1) is 11.4 Å². The van der Waals surface area contributed by atoms with Crippen molar-refractivity contribution in [2.45, 2.75) is 143 Å². The summed E-state index contributed by atoms with van der Waals surface area (Å²) in [6.45, 7) is 14.8. The third-order valence-corrected chi connectivity index (χ3v) is 10.0. The zero-order valence-corrected chi connectivity index (χ0v) is 30.7. The van der Waals surface area contributed by atoms with Gasteiger partial charge >= 0.3 is 0 Å². The molecule has 0 bridgehead atoms. The molecule has 0 atom stereocenters. The summed E-state index contributed by atoms with van der Waals surface area (Å²) in [5.41, 5.74) is 7.25. The lowest BCUT2D eigenvalue weighted by Gasteiger charge is -2.34. The lowest BCUT2D eigenvalue weighted by Crippen LogP contribution is -2.25. The summed E-state index contributed by atoms with van der Waals surface area (Å²) in [6, 6.07) is 25.9. The lowest BCUT2D eigenvalue weighted by molar-refractivity contribution is 0.303. The van der Waals surface area contributed by atoms with E-state index in [4.69, 9.17) is 9.47 Å². The summed E-state index contributed by atoms with van der Waals surface area (Å²) < 4.78 is 12.5. The predicted octanol–water partition coefficient (Wildman–Crippen LogP) is 12.6. The van der Waals surface area contributed by atoms with E-state index in [9.17, 15) is 0 Å². The first-order valence-electron chi connectivity index (χ1n) is 18.8. The molecule has 0 amide bonds. The Balaban J connectivity index is 1.39. The van der Waals surface area contributed by atoms with Crippen molar-refractivity contribution in [2.24, 2.45) is 0 Å². The van der Waals surface area contributed by atoms with E-state index in [-0.39, 0.29) is 10.8 Å². The van der Waals surface area contributed by atoms with Gasteiger partial charge in [0.15, 0.2) is 0 Å². The lowest BCUT2D eigenvalue weighted by atomic mass is 9.70. The highest BCUT2D eigenvalue weighted by Gasteiger charge is 2.30. The standard InChI is InChI=1S/C44H60N2O2/c1-7-23-43(24-8-2,25-9-3)37-13-17-39(18-14-37)47-33-35-21-29-45-41(31-35)42-32-36(22-30-46-42)34-48-40-19-15-38(16-20-40)44(26-10-4,27-11-5)28-12-6/h13-22,29-32H,7-12,23-28,33-34H2,1-6H3. The molecule has 0 unspecified atom stereocenters. The summed E-state index contributed by atoms with van der Waals surface area (Å²) in [5, 5.41) is 0. The molecule has 0 radical (unpaired) electrons. The second-order valence-electron chi connectivity index (χ2n) is 13.8. The van der Waals surface area contributed by atoms with Gasteiger partial charge in [-0.25, -0.2) is 0 Å². The molecule has 4 heteroatoms. The molecule has 2 aromatic carbocycles. The Morgan fingerprint density at radius 3 is 1.04 bits per heavy atom. The number of pyridine rings is 2. The van der Waals surface area contributed by atoms with Crippen molar-refractivity contribution in [3.8, 4) is 22.9 Å². The minimum absolute atomic E-state index is 0.276. The first-order chi connectivity index (χ1) is 23.4. The predicted molar refractivity (Wildman–Crippen MR) is 202 cm³/mol. The van der Waals surface area contributed by atoms with Crippen LogP contribution in [0.5, 0.6) is 11.5 Å². The van der Waals surface area contributed by atoms with Crippen LogP contribution in [0.25, 0.3) is 11.4 Å². The smallest absolute Gasteiger partial charge is 0.119 e. The van der Waals surface area contributed by atoms with Crippen molar-refractivity contribution in [3.05, 3.63) is 107 Å². The van der Waals surface area contributed by atoms with E-state index in [1.54, 1.807) is 0 Å². The van der Waals surface area contributed by atoms with Crippen molar-refractivity contribution in [1.29, 1.82) is 0 Å². The van der Waals surface area contributed by atoms with Crippen LogP contribution < -0.4 is 9.47 Å². The molecule has 2 aromatic heterocycles. The first kappa shape index (κ1) is 37.2. The topological polar surface area (TPSA) is 44.2 Å². The van der Waals surface area contributed by atoms with Crippen LogP contribution in [0.15, 0.2) is 85.2 Å². The number of hydrogen-bond acceptors (Lipinski definition) is 4. The van der Waals surface area contributed by atoms with Crippen LogP contribution >= 0.6 is 0 Å². The molecule has 0 saturated carbocycles. The van der Waals surface area contributed by atoms with E-state index in [0.717, 1.165) is 34.0 Å². The maximum atomic E-state index is 6.24. The van der Waals surface area contributed by atoms with Gasteiger partial charge < -0.3 is 9.47 Å². The zero-order chi connectivity index (χ0) is 34.2. The average molecular weight is 649 g/mol. The van der Waals surface area contributed by atoms with Gasteiger partial charge in [-0.2, -0.15) is 0 Å². The molecule has 0 N–H and O–H groups in total. The molecule has 0 spiro atoms. The summed E-state index contributed by atoms with van der Waals surface area (Å²) in [6.07, 6.45) is 18.4. The van der Waals surface area contributed by atoms with Gasteiger partial charge in [0.2, 0.25) is 0 Å². The molecule has 0 aliphatic rings. The number of aromatic nitrogens is 2. The quantitative estimate of drug-likeness (QED) is 0.0902. The maximum Gasteiger partial charge on any atom is 0.119 e. The third-order valence-electron chi connectivity index (χ3n) is 10.0. The second kappa shape index (κ2) is 18.8. The summed E-state index contributed by atoms with van der Waals surface area (Å²) in [5.74, 6) is 1.79. The number of rotatable bonds is 21. The van der Waals surface area contributed by atoms with Gasteiger partial charge in [-0.1, -0.05) is 104 Å². The molecular formula is C44H60N2O2. The molecule has 0 saturated heterocycles. The summed E-state index contributed by atoms with van der Waals surface area (Å²) in [7, 11) is 0. The van der Waals surface area contributed by atoms with Gasteiger partial charge in [0.25, 0.3) is 0 Å². The molecule has 4 nitrogen and oxygen atoms in total. The minimum Gasteiger partial charge on any atom is -0.489 e. The third kappa shape index (κ3) is 9.71. The number of benzene rings is 2. The SMILES string of the molecule is CCCC(CCC)(CCC)c1ccc(OCc2ccnc(-c3cc(COc4ccc(C(CCC)(CCC)CCC)cc4)ccn3)c2)cc1. The molecule has 0 aliphatic heterocycles. The van der Waals surface area contributed by atoms with E-state index in [1.165, 1.54) is 88.2 Å². The molecule has 258 valence electrons. The van der Waals surface area contributed by atoms with Crippen molar-refractivity contribution < 1.29 is 9.47 Å². The zero-order valence-electron chi connectivity index (χ0n) is 30.7. The monoisotopic (exact) mass is 648 g/mol. The fourth-order valence-corrected chi connectivity index (χ4v) is 8.04. The summed E-state index contributed by atoms with van der Waals surface area (Å²) >= 11 is 0. The fraction of sp³-hybridized carbons (Fsp3) is 0.500. The van der Waals surface area contributed by atoms with Crippen molar-refractivity contribution >= 4 is 0 Å². The van der Waals surface area contributed by atoms with Crippen molar-refractivity contribution in [1.82, 2.24) is 9.97 Å². The van der Waals surface area contributed by atoms with Crippen LogP contribution in [0.2, 0.25) is 0 Å². The largest absolute Gasteiger partial charge is 0.489 e. The highest BCUT2D eigenvalue weighted by atomic mass is 16.5. The van der Waals surface area contributed by atoms with E-state index in [2.05, 4.69) is 112 Å². The Hall–Kier alpha value is -3.66. The molecule has 48 heavy (non-hydrogen) atoms. The number of hydrogen-bond donors (Lipinski definition) is 0. The normalized spacial score (nSPS) is 11.9. The molecule has 0 aliphatic carbocycles. The highest BCUT2D eigenvalue weighted by Crippen LogP contribution is 2.40. The van der Waals surface area contributed by atoms with Crippen molar-refractivity contribution in [3.63, 3.8) is 0 Å². The Morgan fingerprint density at radius 2 is 0.750 bits per heavy atom. The Morgan fingerprint density at radius 1 is 0.438 bits per heavy atom. The minimum atomic E-state index is 0.276. The first-order valence-corrected chi connectivity index (χ1v) is 18.8. The van der Waals surface area contributed by atoms with E-state index in [1.807, 2.05) is 24.5 Å². The van der Waals surface area contributed by atoms with Gasteiger partial charge in [-0.3, -0.25) is 9.97 Å². The Kier molecular flexibility index (Phi) is 14.5. The molecule has 4 rings (SSSR count). The Labute approximate surface area is 291 Å². The summed E-state index contributed by atoms with van der Waals surface area (Å²) in [4.78, 5) is 9.27. The fourth-order valence-electron chi connectivity index (χ4n) is 8.04. The van der Waals surface area contributed by atoms with Crippen LogP contribution in [-0.4, -0.2) is 9.97 Å². The number of nitrogens with zero attached hydrogens (tertiary/aromatic N) is 2. The van der Waals surface area contributed by atoms with Crippen LogP contribution in [-0.2, 0) is 24.0 Å². The van der Waals surface area contributed by atoms with Crippen LogP contribution in [0, 0.1) is 0 Å². The molecular weight excluding hydrogens is 588 g/mol. The van der Waals surface area contributed by atoms with E-state index >= 15 is 0 Å². The van der Waals surface area contributed by atoms with Crippen LogP contribution in [0.1, 0.15) is 141 Å². The van der Waals surface area contributed by atoms with Crippen molar-refractivity contribution in [2.75, 3.05) is 0 Å². The maximum absolute atomic E-state index is 6.24. The average Bonchev–Trinajstić information content (AvgIpc) is 3.11.